The van der Waals surface area contributed by atoms with Gasteiger partial charge in [-0.1, -0.05) is 13.8 Å². The summed E-state index contributed by atoms with van der Waals surface area (Å²) in [7, 11) is 0. The lowest BCUT2D eigenvalue weighted by Gasteiger charge is -2.61. The van der Waals surface area contributed by atoms with E-state index in [0.717, 1.165) is 38.5 Å². The third kappa shape index (κ3) is 2.04. The molecule has 4 aliphatic carbocycles. The molecule has 0 spiro atoms. The van der Waals surface area contributed by atoms with Crippen molar-refractivity contribution in [1.29, 1.82) is 0 Å². The maximum atomic E-state index is 10.9. The zero-order valence-corrected chi connectivity index (χ0v) is 14.0. The van der Waals surface area contributed by atoms with E-state index in [1.54, 1.807) is 0 Å². The summed E-state index contributed by atoms with van der Waals surface area (Å²) < 4.78 is 0. The van der Waals surface area contributed by atoms with Crippen LogP contribution in [-0.2, 0) is 0 Å². The Balaban J connectivity index is 1.67. The van der Waals surface area contributed by atoms with Gasteiger partial charge in [0.1, 0.15) is 0 Å². The molecule has 4 saturated carbocycles. The zero-order chi connectivity index (χ0) is 15.7. The van der Waals surface area contributed by atoms with Crippen LogP contribution in [-0.4, -0.2) is 33.6 Å². The predicted molar refractivity (Wildman–Crippen MR) is 85.1 cm³/mol. The van der Waals surface area contributed by atoms with Gasteiger partial charge in [-0.15, -0.1) is 0 Å². The van der Waals surface area contributed by atoms with Crippen LogP contribution in [0.15, 0.2) is 0 Å². The Morgan fingerprint density at radius 2 is 1.59 bits per heavy atom. The molecular weight excluding hydrogens is 276 g/mol. The van der Waals surface area contributed by atoms with Crippen LogP contribution in [0.5, 0.6) is 0 Å². The summed E-state index contributed by atoms with van der Waals surface area (Å²) in [6, 6.07) is 0. The molecule has 4 rings (SSSR count). The Kier molecular flexibility index (Phi) is 3.46. The first kappa shape index (κ1) is 15.4. The van der Waals surface area contributed by atoms with Gasteiger partial charge in [0.2, 0.25) is 0 Å². The average molecular weight is 308 g/mol. The van der Waals surface area contributed by atoms with E-state index >= 15 is 0 Å². The standard InChI is InChI=1S/C19H32O3/c1-18-5-4-14-17(15(18)9-13(21)10-18)16(22)8-11-7-12(20)3-6-19(11,14)2/h11-17,20-22H,3-10H2,1-2H3/t11-,12-,13+,14-,15+,16-,17-,18-,19-/m1/s1. The molecule has 0 radical (unpaired) electrons. The molecular formula is C19H32O3. The zero-order valence-electron chi connectivity index (χ0n) is 14.0. The van der Waals surface area contributed by atoms with Gasteiger partial charge in [-0.3, -0.25) is 0 Å². The van der Waals surface area contributed by atoms with Gasteiger partial charge in [0.25, 0.3) is 0 Å². The van der Waals surface area contributed by atoms with Crippen molar-refractivity contribution < 1.29 is 15.3 Å². The molecule has 0 aromatic heterocycles. The fourth-order valence-electron chi connectivity index (χ4n) is 7.22. The van der Waals surface area contributed by atoms with Gasteiger partial charge in [0.05, 0.1) is 18.3 Å². The van der Waals surface area contributed by atoms with Crippen molar-refractivity contribution in [3.05, 3.63) is 0 Å². The molecule has 3 heteroatoms. The van der Waals surface area contributed by atoms with Gasteiger partial charge in [-0.05, 0) is 85.9 Å². The molecule has 126 valence electrons. The van der Waals surface area contributed by atoms with Gasteiger partial charge >= 0.3 is 0 Å². The van der Waals surface area contributed by atoms with Gasteiger partial charge in [0.15, 0.2) is 0 Å². The lowest BCUT2D eigenvalue weighted by molar-refractivity contribution is -0.168. The third-order valence-corrected chi connectivity index (χ3v) is 8.40. The lowest BCUT2D eigenvalue weighted by Crippen LogP contribution is -2.57. The van der Waals surface area contributed by atoms with E-state index < -0.39 is 0 Å². The Hall–Kier alpha value is -0.120. The normalized spacial score (nSPS) is 61.2. The monoisotopic (exact) mass is 308 g/mol. The number of rotatable bonds is 0. The number of hydrogen-bond acceptors (Lipinski definition) is 3. The topological polar surface area (TPSA) is 60.7 Å². The molecule has 3 N–H and O–H groups in total. The van der Waals surface area contributed by atoms with Crippen molar-refractivity contribution in [3.8, 4) is 0 Å². The summed E-state index contributed by atoms with van der Waals surface area (Å²) in [5.41, 5.74) is 0.525. The minimum absolute atomic E-state index is 0.163. The molecule has 0 heterocycles. The largest absolute Gasteiger partial charge is 0.393 e. The molecule has 0 bridgehead atoms. The first-order valence-electron chi connectivity index (χ1n) is 9.38. The molecule has 0 aromatic carbocycles. The van der Waals surface area contributed by atoms with Crippen molar-refractivity contribution in [1.82, 2.24) is 0 Å². The smallest absolute Gasteiger partial charge is 0.0577 e. The fraction of sp³-hybridized carbons (Fsp3) is 1.00. The Morgan fingerprint density at radius 1 is 0.818 bits per heavy atom. The molecule has 0 amide bonds. The van der Waals surface area contributed by atoms with E-state index in [4.69, 9.17) is 0 Å². The van der Waals surface area contributed by atoms with E-state index in [9.17, 15) is 15.3 Å². The highest BCUT2D eigenvalue weighted by atomic mass is 16.3. The SMILES string of the molecule is C[C@]12CC[C@@H]3[C@@H]([C@H](O)C[C@H]4C[C@H](O)CC[C@]43C)[C@@H]1C[C@H](O)C2. The van der Waals surface area contributed by atoms with Crippen LogP contribution in [0.25, 0.3) is 0 Å². The molecule has 0 saturated heterocycles. The average Bonchev–Trinajstić information content (AvgIpc) is 2.75. The number of aliphatic hydroxyl groups excluding tert-OH is 3. The summed E-state index contributed by atoms with van der Waals surface area (Å²) in [6.45, 7) is 4.77. The van der Waals surface area contributed by atoms with E-state index in [2.05, 4.69) is 13.8 Å². The van der Waals surface area contributed by atoms with Gasteiger partial charge in [-0.2, -0.15) is 0 Å². The quantitative estimate of drug-likeness (QED) is 0.645. The predicted octanol–water partition coefficient (Wildman–Crippen LogP) is 2.72. The summed E-state index contributed by atoms with van der Waals surface area (Å²) in [4.78, 5) is 0. The molecule has 9 atom stereocenters. The van der Waals surface area contributed by atoms with Crippen molar-refractivity contribution >= 4 is 0 Å². The third-order valence-electron chi connectivity index (χ3n) is 8.40. The minimum atomic E-state index is -0.233. The molecule has 0 aliphatic heterocycles. The van der Waals surface area contributed by atoms with Crippen LogP contribution in [0.2, 0.25) is 0 Å². The number of aliphatic hydroxyl groups is 3. The highest BCUT2D eigenvalue weighted by Crippen LogP contribution is 2.66. The molecule has 22 heavy (non-hydrogen) atoms. The van der Waals surface area contributed by atoms with E-state index in [-0.39, 0.29) is 29.1 Å². The first-order valence-corrected chi connectivity index (χ1v) is 9.38. The van der Waals surface area contributed by atoms with Crippen molar-refractivity contribution in [2.24, 2.45) is 34.5 Å². The number of fused-ring (bicyclic) bond motifs is 5. The summed E-state index contributed by atoms with van der Waals surface area (Å²) in [5, 5.41) is 31.2. The van der Waals surface area contributed by atoms with E-state index in [1.807, 2.05) is 0 Å². The van der Waals surface area contributed by atoms with Crippen LogP contribution >= 0.6 is 0 Å². The molecule has 3 nitrogen and oxygen atoms in total. The van der Waals surface area contributed by atoms with Gasteiger partial charge in [0, 0.05) is 0 Å². The van der Waals surface area contributed by atoms with Crippen LogP contribution in [0.3, 0.4) is 0 Å². The van der Waals surface area contributed by atoms with Gasteiger partial charge < -0.3 is 15.3 Å². The highest BCUT2D eigenvalue weighted by molar-refractivity contribution is 5.10. The van der Waals surface area contributed by atoms with Crippen molar-refractivity contribution in [2.45, 2.75) is 83.5 Å². The van der Waals surface area contributed by atoms with Crippen LogP contribution in [0, 0.1) is 34.5 Å². The summed E-state index contributed by atoms with van der Waals surface area (Å²) in [5.74, 6) is 1.91. The second-order valence-corrected chi connectivity index (χ2v) is 9.51. The van der Waals surface area contributed by atoms with E-state index in [0.29, 0.717) is 23.7 Å². The van der Waals surface area contributed by atoms with Crippen LogP contribution in [0.1, 0.15) is 65.2 Å². The second-order valence-electron chi connectivity index (χ2n) is 9.51. The second kappa shape index (κ2) is 4.94. The molecule has 4 aliphatic rings. The summed E-state index contributed by atoms with van der Waals surface area (Å²) >= 11 is 0. The molecule has 0 unspecified atom stereocenters. The van der Waals surface area contributed by atoms with Gasteiger partial charge in [-0.25, -0.2) is 0 Å². The Morgan fingerprint density at radius 3 is 2.36 bits per heavy atom. The van der Waals surface area contributed by atoms with Crippen LogP contribution in [0.4, 0.5) is 0 Å². The number of hydrogen-bond donors (Lipinski definition) is 3. The van der Waals surface area contributed by atoms with Crippen molar-refractivity contribution in [3.63, 3.8) is 0 Å². The van der Waals surface area contributed by atoms with Crippen LogP contribution < -0.4 is 0 Å². The maximum absolute atomic E-state index is 10.9. The fourth-order valence-corrected chi connectivity index (χ4v) is 7.22. The van der Waals surface area contributed by atoms with Crippen molar-refractivity contribution in [2.75, 3.05) is 0 Å². The summed E-state index contributed by atoms with van der Waals surface area (Å²) in [6.07, 6.45) is 7.42. The highest BCUT2D eigenvalue weighted by Gasteiger charge is 2.61. The minimum Gasteiger partial charge on any atom is -0.393 e. The Bertz CT molecular complexity index is 452. The van der Waals surface area contributed by atoms with E-state index in [1.165, 1.54) is 12.8 Å². The first-order chi connectivity index (χ1) is 10.3. The Labute approximate surface area is 134 Å². The molecule has 0 aromatic rings. The lowest BCUT2D eigenvalue weighted by atomic mass is 9.44. The molecule has 4 fully saturated rings. The maximum Gasteiger partial charge on any atom is 0.0577 e.